The van der Waals surface area contributed by atoms with E-state index in [0.29, 0.717) is 22.2 Å². The number of benzene rings is 3. The molecule has 1 N–H and O–H groups in total. The summed E-state index contributed by atoms with van der Waals surface area (Å²) in [7, 11) is 0. The SMILES string of the molecule is Cc1cccc(N=c2oc3ccc(Br)cc3cc2C(=O)Nc2nc(-c3ccc(C(C)C)cc3)c(C)s2)c1C. The lowest BCUT2D eigenvalue weighted by Gasteiger charge is -2.07. The van der Waals surface area contributed by atoms with Gasteiger partial charge in [-0.1, -0.05) is 66.2 Å². The molecule has 0 atom stereocenters. The highest BCUT2D eigenvalue weighted by molar-refractivity contribution is 9.10. The lowest BCUT2D eigenvalue weighted by atomic mass is 10.0. The smallest absolute Gasteiger partial charge is 0.262 e. The molecule has 0 aliphatic carbocycles. The first-order valence-corrected chi connectivity index (χ1v) is 14.0. The van der Waals surface area contributed by atoms with Crippen molar-refractivity contribution in [3.8, 4) is 11.3 Å². The molecule has 0 aliphatic heterocycles. The Hall–Kier alpha value is -3.55. The third-order valence-electron chi connectivity index (χ3n) is 6.62. The lowest BCUT2D eigenvalue weighted by molar-refractivity contribution is 0.102. The van der Waals surface area contributed by atoms with Crippen molar-refractivity contribution in [3.63, 3.8) is 0 Å². The Morgan fingerprint density at radius 3 is 2.53 bits per heavy atom. The van der Waals surface area contributed by atoms with Crippen molar-refractivity contribution in [3.05, 3.63) is 104 Å². The summed E-state index contributed by atoms with van der Waals surface area (Å²) in [6.07, 6.45) is 0. The number of thiazole rings is 1. The predicted octanol–water partition coefficient (Wildman–Crippen LogP) is 8.85. The first-order valence-electron chi connectivity index (χ1n) is 12.4. The van der Waals surface area contributed by atoms with Crippen LogP contribution in [0.4, 0.5) is 10.8 Å². The lowest BCUT2D eigenvalue weighted by Crippen LogP contribution is -2.21. The molecular formula is C31H28BrN3O2S. The molecule has 0 unspecified atom stereocenters. The maximum absolute atomic E-state index is 13.6. The minimum atomic E-state index is -0.324. The van der Waals surface area contributed by atoms with Crippen LogP contribution < -0.4 is 10.9 Å². The number of anilines is 1. The molecule has 0 radical (unpaired) electrons. The Labute approximate surface area is 234 Å². The predicted molar refractivity (Wildman–Crippen MR) is 159 cm³/mol. The number of aryl methyl sites for hydroxylation is 2. The number of fused-ring (bicyclic) bond motifs is 1. The summed E-state index contributed by atoms with van der Waals surface area (Å²) in [6.45, 7) is 10.4. The fraction of sp³-hybridized carbons (Fsp3) is 0.194. The highest BCUT2D eigenvalue weighted by Crippen LogP contribution is 2.32. The van der Waals surface area contributed by atoms with Gasteiger partial charge >= 0.3 is 0 Å². The molecule has 0 saturated heterocycles. The van der Waals surface area contributed by atoms with Gasteiger partial charge in [0.25, 0.3) is 5.91 Å². The second-order valence-electron chi connectivity index (χ2n) is 9.63. The van der Waals surface area contributed by atoms with Gasteiger partial charge in [0.15, 0.2) is 5.13 Å². The van der Waals surface area contributed by atoms with Crippen molar-refractivity contribution in [1.82, 2.24) is 4.98 Å². The standard InChI is InChI=1S/C31H28BrN3O2S/c1-17(2)21-9-11-22(12-10-21)28-20(5)38-31(34-28)35-29(36)25-16-23-15-24(32)13-14-27(23)37-30(25)33-26-8-6-7-18(3)19(26)4/h6-17H,1-5H3,(H,34,35,36). The van der Waals surface area contributed by atoms with Crippen LogP contribution in [0.5, 0.6) is 0 Å². The molecule has 0 aliphatic rings. The topological polar surface area (TPSA) is 67.5 Å². The molecule has 2 heterocycles. The van der Waals surface area contributed by atoms with Gasteiger partial charge < -0.3 is 4.42 Å². The average Bonchev–Trinajstić information content (AvgIpc) is 3.26. The van der Waals surface area contributed by atoms with Crippen molar-refractivity contribution >= 4 is 55.0 Å². The number of aromatic nitrogens is 1. The quantitative estimate of drug-likeness (QED) is 0.224. The van der Waals surface area contributed by atoms with E-state index in [2.05, 4.69) is 59.4 Å². The van der Waals surface area contributed by atoms with Gasteiger partial charge in [-0.25, -0.2) is 9.98 Å². The normalized spacial score (nSPS) is 11.9. The van der Waals surface area contributed by atoms with Crippen LogP contribution in [0.2, 0.25) is 0 Å². The maximum atomic E-state index is 13.6. The third-order valence-corrected chi connectivity index (χ3v) is 8.00. The van der Waals surface area contributed by atoms with E-state index in [4.69, 9.17) is 14.4 Å². The van der Waals surface area contributed by atoms with E-state index in [9.17, 15) is 4.79 Å². The van der Waals surface area contributed by atoms with Gasteiger partial charge in [0.2, 0.25) is 5.55 Å². The maximum Gasteiger partial charge on any atom is 0.262 e. The molecule has 5 nitrogen and oxygen atoms in total. The fourth-order valence-corrected chi connectivity index (χ4v) is 5.43. The number of rotatable bonds is 5. The highest BCUT2D eigenvalue weighted by atomic mass is 79.9. The molecule has 0 saturated carbocycles. The van der Waals surface area contributed by atoms with Gasteiger partial charge in [-0.2, -0.15) is 0 Å². The van der Waals surface area contributed by atoms with Crippen LogP contribution in [0, 0.1) is 20.8 Å². The molecule has 5 rings (SSSR count). The van der Waals surface area contributed by atoms with E-state index in [1.54, 1.807) is 0 Å². The van der Waals surface area contributed by atoms with Crippen LogP contribution in [0.1, 0.15) is 51.7 Å². The Bertz CT molecular complexity index is 1730. The molecule has 0 bridgehead atoms. The van der Waals surface area contributed by atoms with Crippen LogP contribution in [-0.2, 0) is 0 Å². The van der Waals surface area contributed by atoms with Crippen LogP contribution >= 0.6 is 27.3 Å². The Morgan fingerprint density at radius 1 is 1.03 bits per heavy atom. The highest BCUT2D eigenvalue weighted by Gasteiger charge is 2.17. The van der Waals surface area contributed by atoms with Gasteiger partial charge in [0, 0.05) is 20.3 Å². The zero-order chi connectivity index (χ0) is 27.0. The van der Waals surface area contributed by atoms with Crippen molar-refractivity contribution in [1.29, 1.82) is 0 Å². The number of amides is 1. The van der Waals surface area contributed by atoms with E-state index < -0.39 is 0 Å². The number of carbonyl (C=O) groups is 1. The zero-order valence-corrected chi connectivity index (χ0v) is 24.3. The molecule has 38 heavy (non-hydrogen) atoms. The number of hydrogen-bond acceptors (Lipinski definition) is 5. The van der Waals surface area contributed by atoms with Crippen LogP contribution in [0.25, 0.3) is 22.2 Å². The van der Waals surface area contributed by atoms with Crippen molar-refractivity contribution in [2.24, 2.45) is 4.99 Å². The number of carbonyl (C=O) groups excluding carboxylic acids is 1. The fourth-order valence-electron chi connectivity index (χ4n) is 4.22. The number of halogens is 1. The summed E-state index contributed by atoms with van der Waals surface area (Å²) in [5.41, 5.74) is 7.33. The van der Waals surface area contributed by atoms with Crippen LogP contribution in [0.15, 0.2) is 80.6 Å². The molecule has 3 aromatic carbocycles. The molecule has 192 valence electrons. The van der Waals surface area contributed by atoms with Crippen molar-refractivity contribution < 1.29 is 9.21 Å². The third kappa shape index (κ3) is 5.35. The zero-order valence-electron chi connectivity index (χ0n) is 21.9. The van der Waals surface area contributed by atoms with Crippen LogP contribution in [0.3, 0.4) is 0 Å². The monoisotopic (exact) mass is 585 g/mol. The molecule has 0 fully saturated rings. The Kier molecular flexibility index (Phi) is 7.32. The minimum Gasteiger partial charge on any atom is -0.438 e. The van der Waals surface area contributed by atoms with E-state index in [1.165, 1.54) is 16.9 Å². The number of hydrogen-bond donors (Lipinski definition) is 1. The summed E-state index contributed by atoms with van der Waals surface area (Å²) in [5, 5.41) is 4.31. The average molecular weight is 587 g/mol. The van der Waals surface area contributed by atoms with Crippen molar-refractivity contribution in [2.45, 2.75) is 40.5 Å². The Balaban J connectivity index is 1.55. The van der Waals surface area contributed by atoms with Gasteiger partial charge in [0.1, 0.15) is 11.1 Å². The van der Waals surface area contributed by atoms with E-state index >= 15 is 0 Å². The van der Waals surface area contributed by atoms with Crippen molar-refractivity contribution in [2.75, 3.05) is 5.32 Å². The molecule has 5 aromatic rings. The minimum absolute atomic E-state index is 0.254. The van der Waals surface area contributed by atoms with E-state index in [-0.39, 0.29) is 11.5 Å². The van der Waals surface area contributed by atoms with Gasteiger partial charge in [0.05, 0.1) is 11.4 Å². The molecule has 0 spiro atoms. The summed E-state index contributed by atoms with van der Waals surface area (Å²) < 4.78 is 7.07. The summed E-state index contributed by atoms with van der Waals surface area (Å²) in [6, 6.07) is 21.9. The van der Waals surface area contributed by atoms with E-state index in [0.717, 1.165) is 42.8 Å². The number of nitrogens with one attached hydrogen (secondary N) is 1. The first-order chi connectivity index (χ1) is 18.2. The second-order valence-corrected chi connectivity index (χ2v) is 11.8. The van der Waals surface area contributed by atoms with Gasteiger partial charge in [-0.05, 0) is 73.7 Å². The number of nitrogens with zero attached hydrogens (tertiary/aromatic N) is 2. The second kappa shape index (κ2) is 10.7. The van der Waals surface area contributed by atoms with Gasteiger partial charge in [-0.15, -0.1) is 11.3 Å². The Morgan fingerprint density at radius 2 is 1.79 bits per heavy atom. The first kappa shape index (κ1) is 26.1. The molecule has 7 heteroatoms. The molecule has 2 aromatic heterocycles. The molecular weight excluding hydrogens is 558 g/mol. The summed E-state index contributed by atoms with van der Waals surface area (Å²) in [4.78, 5) is 24.2. The molecule has 1 amide bonds. The van der Waals surface area contributed by atoms with Crippen LogP contribution in [-0.4, -0.2) is 10.9 Å². The van der Waals surface area contributed by atoms with E-state index in [1.807, 2.05) is 63.2 Å². The summed E-state index contributed by atoms with van der Waals surface area (Å²) in [5.74, 6) is 0.141. The van der Waals surface area contributed by atoms with Gasteiger partial charge in [-0.3, -0.25) is 10.1 Å². The largest absolute Gasteiger partial charge is 0.438 e. The summed E-state index contributed by atoms with van der Waals surface area (Å²) >= 11 is 4.96.